The molecule has 1 aliphatic rings. The monoisotopic (exact) mass is 172 g/mol. The van der Waals surface area contributed by atoms with Gasteiger partial charge < -0.3 is 10.2 Å². The standard InChI is InChI=1S/C8H16N2S/c1-6(2)10(3)8(11)9-7-4-5-7/h6-7H,4-5H2,1-3H3,(H,9,11). The molecule has 64 valence electrons. The maximum atomic E-state index is 5.18. The quantitative estimate of drug-likeness (QED) is 0.633. The van der Waals surface area contributed by atoms with Crippen LogP contribution in [-0.4, -0.2) is 29.1 Å². The van der Waals surface area contributed by atoms with Crippen LogP contribution in [0.1, 0.15) is 26.7 Å². The second kappa shape index (κ2) is 3.39. The summed E-state index contributed by atoms with van der Waals surface area (Å²) in [7, 11) is 2.03. The molecule has 3 heteroatoms. The summed E-state index contributed by atoms with van der Waals surface area (Å²) in [6.07, 6.45) is 2.57. The smallest absolute Gasteiger partial charge is 0.169 e. The van der Waals surface area contributed by atoms with E-state index in [1.807, 2.05) is 7.05 Å². The highest BCUT2D eigenvalue weighted by Gasteiger charge is 2.23. The zero-order chi connectivity index (χ0) is 8.43. The predicted molar refractivity (Wildman–Crippen MR) is 51.7 cm³/mol. The predicted octanol–water partition coefficient (Wildman–Crippen LogP) is 1.36. The second-order valence-electron chi connectivity index (χ2n) is 3.43. The van der Waals surface area contributed by atoms with Crippen LogP contribution in [-0.2, 0) is 0 Å². The summed E-state index contributed by atoms with van der Waals surface area (Å²) in [5.74, 6) is 0. The third-order valence-electron chi connectivity index (χ3n) is 2.00. The van der Waals surface area contributed by atoms with Crippen molar-refractivity contribution in [1.29, 1.82) is 0 Å². The lowest BCUT2D eigenvalue weighted by Gasteiger charge is -2.24. The molecule has 2 nitrogen and oxygen atoms in total. The van der Waals surface area contributed by atoms with Crippen LogP contribution in [0.25, 0.3) is 0 Å². The van der Waals surface area contributed by atoms with Crippen LogP contribution in [0.4, 0.5) is 0 Å². The van der Waals surface area contributed by atoms with Crippen molar-refractivity contribution in [2.75, 3.05) is 7.05 Å². The fourth-order valence-corrected chi connectivity index (χ4v) is 1.12. The van der Waals surface area contributed by atoms with Gasteiger partial charge in [0.2, 0.25) is 0 Å². The van der Waals surface area contributed by atoms with E-state index >= 15 is 0 Å². The first-order valence-electron chi connectivity index (χ1n) is 4.14. The Kier molecular flexibility index (Phi) is 2.71. The molecule has 11 heavy (non-hydrogen) atoms. The molecule has 1 fully saturated rings. The molecule has 1 aliphatic carbocycles. The van der Waals surface area contributed by atoms with Gasteiger partial charge in [-0.1, -0.05) is 0 Å². The van der Waals surface area contributed by atoms with Crippen LogP contribution in [0.2, 0.25) is 0 Å². The van der Waals surface area contributed by atoms with Crippen LogP contribution < -0.4 is 5.32 Å². The van der Waals surface area contributed by atoms with E-state index in [2.05, 4.69) is 24.1 Å². The van der Waals surface area contributed by atoms with Crippen molar-refractivity contribution in [3.63, 3.8) is 0 Å². The maximum Gasteiger partial charge on any atom is 0.169 e. The molecule has 0 aromatic carbocycles. The summed E-state index contributed by atoms with van der Waals surface area (Å²) < 4.78 is 0. The first-order chi connectivity index (χ1) is 5.11. The van der Waals surface area contributed by atoms with Crippen molar-refractivity contribution < 1.29 is 0 Å². The Labute approximate surface area is 74.0 Å². The van der Waals surface area contributed by atoms with Crippen molar-refractivity contribution in [2.24, 2.45) is 0 Å². The SMILES string of the molecule is CC(C)N(C)C(=S)NC1CC1. The van der Waals surface area contributed by atoms with E-state index in [1.165, 1.54) is 12.8 Å². The summed E-state index contributed by atoms with van der Waals surface area (Å²) >= 11 is 5.18. The summed E-state index contributed by atoms with van der Waals surface area (Å²) in [6.45, 7) is 4.28. The Morgan fingerprint density at radius 1 is 1.55 bits per heavy atom. The van der Waals surface area contributed by atoms with E-state index in [0.717, 1.165) is 5.11 Å². The molecule has 0 radical (unpaired) electrons. The summed E-state index contributed by atoms with van der Waals surface area (Å²) in [6, 6.07) is 1.16. The molecule has 0 atom stereocenters. The lowest BCUT2D eigenvalue weighted by atomic mass is 10.4. The molecule has 1 rings (SSSR count). The van der Waals surface area contributed by atoms with Gasteiger partial charge in [0.1, 0.15) is 0 Å². The van der Waals surface area contributed by atoms with Gasteiger partial charge in [-0.2, -0.15) is 0 Å². The fourth-order valence-electron chi connectivity index (χ4n) is 0.739. The maximum absolute atomic E-state index is 5.18. The Morgan fingerprint density at radius 3 is 2.45 bits per heavy atom. The van der Waals surface area contributed by atoms with Crippen molar-refractivity contribution in [2.45, 2.75) is 38.8 Å². The minimum Gasteiger partial charge on any atom is -0.360 e. The van der Waals surface area contributed by atoms with E-state index in [9.17, 15) is 0 Å². The molecule has 0 heterocycles. The first-order valence-corrected chi connectivity index (χ1v) is 4.55. The van der Waals surface area contributed by atoms with Gasteiger partial charge in [-0.3, -0.25) is 0 Å². The Bertz CT molecular complexity index is 152. The van der Waals surface area contributed by atoms with E-state index < -0.39 is 0 Å². The average molecular weight is 172 g/mol. The molecule has 1 saturated carbocycles. The van der Waals surface area contributed by atoms with Gasteiger partial charge >= 0.3 is 0 Å². The number of hydrogen-bond acceptors (Lipinski definition) is 1. The van der Waals surface area contributed by atoms with E-state index in [-0.39, 0.29) is 0 Å². The number of nitrogens with zero attached hydrogens (tertiary/aromatic N) is 1. The largest absolute Gasteiger partial charge is 0.360 e. The third-order valence-corrected chi connectivity index (χ3v) is 2.41. The molecule has 0 saturated heterocycles. The van der Waals surface area contributed by atoms with Crippen LogP contribution >= 0.6 is 12.2 Å². The van der Waals surface area contributed by atoms with Crippen molar-refractivity contribution in [1.82, 2.24) is 10.2 Å². The van der Waals surface area contributed by atoms with E-state index in [1.54, 1.807) is 0 Å². The van der Waals surface area contributed by atoms with Crippen LogP contribution in [0.3, 0.4) is 0 Å². The lowest BCUT2D eigenvalue weighted by Crippen LogP contribution is -2.41. The highest BCUT2D eigenvalue weighted by atomic mass is 32.1. The van der Waals surface area contributed by atoms with Gasteiger partial charge in [-0.25, -0.2) is 0 Å². The zero-order valence-corrected chi connectivity index (χ0v) is 8.24. The van der Waals surface area contributed by atoms with E-state index in [4.69, 9.17) is 12.2 Å². The molecule has 0 spiro atoms. The van der Waals surface area contributed by atoms with Gasteiger partial charge in [0.15, 0.2) is 5.11 Å². The topological polar surface area (TPSA) is 15.3 Å². The molecule has 0 amide bonds. The molecule has 1 N–H and O–H groups in total. The zero-order valence-electron chi connectivity index (χ0n) is 7.42. The number of nitrogens with one attached hydrogen (secondary N) is 1. The molecule has 0 aromatic rings. The van der Waals surface area contributed by atoms with Gasteiger partial charge in [-0.05, 0) is 38.9 Å². The highest BCUT2D eigenvalue weighted by molar-refractivity contribution is 7.80. The van der Waals surface area contributed by atoms with Crippen LogP contribution in [0.5, 0.6) is 0 Å². The number of thiocarbonyl (C=S) groups is 1. The number of rotatable bonds is 2. The van der Waals surface area contributed by atoms with E-state index in [0.29, 0.717) is 12.1 Å². The summed E-state index contributed by atoms with van der Waals surface area (Å²) in [5, 5.41) is 4.18. The fraction of sp³-hybridized carbons (Fsp3) is 0.875. The second-order valence-corrected chi connectivity index (χ2v) is 3.82. The Hall–Kier alpha value is -0.310. The summed E-state index contributed by atoms with van der Waals surface area (Å²) in [4.78, 5) is 2.09. The third kappa shape index (κ3) is 2.66. The van der Waals surface area contributed by atoms with Crippen LogP contribution in [0.15, 0.2) is 0 Å². The Balaban J connectivity index is 2.26. The van der Waals surface area contributed by atoms with Crippen molar-refractivity contribution >= 4 is 17.3 Å². The van der Waals surface area contributed by atoms with Crippen LogP contribution in [0, 0.1) is 0 Å². The molecule has 0 aliphatic heterocycles. The van der Waals surface area contributed by atoms with Gasteiger partial charge in [0, 0.05) is 19.1 Å². The highest BCUT2D eigenvalue weighted by Crippen LogP contribution is 2.18. The normalized spacial score (nSPS) is 16.7. The van der Waals surface area contributed by atoms with Gasteiger partial charge in [0.05, 0.1) is 0 Å². The minimum atomic E-state index is 0.494. The van der Waals surface area contributed by atoms with Crippen molar-refractivity contribution in [3.05, 3.63) is 0 Å². The van der Waals surface area contributed by atoms with Gasteiger partial charge in [-0.15, -0.1) is 0 Å². The molecule has 0 unspecified atom stereocenters. The average Bonchev–Trinajstić information content (AvgIpc) is 2.69. The van der Waals surface area contributed by atoms with Gasteiger partial charge in [0.25, 0.3) is 0 Å². The molecule has 0 aromatic heterocycles. The van der Waals surface area contributed by atoms with Crippen molar-refractivity contribution in [3.8, 4) is 0 Å². The first kappa shape index (κ1) is 8.78. The molecular weight excluding hydrogens is 156 g/mol. The molecular formula is C8H16N2S. The number of hydrogen-bond donors (Lipinski definition) is 1. The minimum absolute atomic E-state index is 0.494. The lowest BCUT2D eigenvalue weighted by molar-refractivity contribution is 0.410. The summed E-state index contributed by atoms with van der Waals surface area (Å²) in [5.41, 5.74) is 0. The molecule has 0 bridgehead atoms. The Morgan fingerprint density at radius 2 is 2.09 bits per heavy atom.